The highest BCUT2D eigenvalue weighted by Gasteiger charge is 2.27. The number of hydrogen-bond acceptors (Lipinski definition) is 1. The van der Waals surface area contributed by atoms with E-state index in [2.05, 4.69) is 92.5 Å². The van der Waals surface area contributed by atoms with Gasteiger partial charge in [-0.1, -0.05) is 74.2 Å². The van der Waals surface area contributed by atoms with Gasteiger partial charge in [-0.15, -0.1) is 0 Å². The SMILES string of the molecule is C=C(/C=C1\C(=C/C)CC(c2ccccc2)c2ccccc21)NCCC. The third-order valence-electron chi connectivity index (χ3n) is 4.87. The topological polar surface area (TPSA) is 12.0 Å². The average Bonchev–Trinajstić information content (AvgIpc) is 2.67. The Morgan fingerprint density at radius 3 is 2.56 bits per heavy atom. The van der Waals surface area contributed by atoms with Gasteiger partial charge in [-0.25, -0.2) is 0 Å². The molecule has 1 aliphatic carbocycles. The van der Waals surface area contributed by atoms with E-state index in [1.54, 1.807) is 0 Å². The summed E-state index contributed by atoms with van der Waals surface area (Å²) in [6.45, 7) is 9.46. The number of allylic oxidation sites excluding steroid dienone is 4. The Labute approximate surface area is 151 Å². The Hall–Kier alpha value is -2.54. The first-order valence-electron chi connectivity index (χ1n) is 9.18. The third kappa shape index (κ3) is 3.76. The van der Waals surface area contributed by atoms with Crippen LogP contribution in [-0.4, -0.2) is 6.54 Å². The number of hydrogen-bond donors (Lipinski definition) is 1. The molecule has 0 radical (unpaired) electrons. The maximum atomic E-state index is 4.19. The van der Waals surface area contributed by atoms with Gasteiger partial charge in [0.1, 0.15) is 0 Å². The molecule has 0 amide bonds. The maximum Gasteiger partial charge on any atom is 0.0273 e. The van der Waals surface area contributed by atoms with Crippen molar-refractivity contribution in [3.8, 4) is 0 Å². The van der Waals surface area contributed by atoms with Crippen molar-refractivity contribution >= 4 is 5.57 Å². The summed E-state index contributed by atoms with van der Waals surface area (Å²) in [4.78, 5) is 0. The summed E-state index contributed by atoms with van der Waals surface area (Å²) < 4.78 is 0. The Morgan fingerprint density at radius 2 is 1.84 bits per heavy atom. The maximum absolute atomic E-state index is 4.19. The van der Waals surface area contributed by atoms with E-state index in [1.807, 2.05) is 0 Å². The van der Waals surface area contributed by atoms with Crippen LogP contribution in [0.4, 0.5) is 0 Å². The van der Waals surface area contributed by atoms with Crippen LogP contribution in [0.3, 0.4) is 0 Å². The summed E-state index contributed by atoms with van der Waals surface area (Å²) >= 11 is 0. The molecule has 128 valence electrons. The van der Waals surface area contributed by atoms with Gasteiger partial charge in [-0.2, -0.15) is 0 Å². The molecule has 3 rings (SSSR count). The van der Waals surface area contributed by atoms with E-state index in [0.29, 0.717) is 5.92 Å². The molecule has 0 bridgehead atoms. The molecule has 0 aliphatic heterocycles. The van der Waals surface area contributed by atoms with Crippen LogP contribution in [0.25, 0.3) is 5.57 Å². The molecule has 2 aromatic rings. The molecule has 25 heavy (non-hydrogen) atoms. The van der Waals surface area contributed by atoms with Crippen molar-refractivity contribution in [2.45, 2.75) is 32.6 Å². The first-order chi connectivity index (χ1) is 12.2. The van der Waals surface area contributed by atoms with Gasteiger partial charge in [0.25, 0.3) is 0 Å². The van der Waals surface area contributed by atoms with Crippen molar-refractivity contribution in [3.05, 3.63) is 101 Å². The van der Waals surface area contributed by atoms with Crippen molar-refractivity contribution in [1.29, 1.82) is 0 Å². The average molecular weight is 329 g/mol. The lowest BCUT2D eigenvalue weighted by Crippen LogP contribution is -2.15. The van der Waals surface area contributed by atoms with E-state index in [-0.39, 0.29) is 0 Å². The third-order valence-corrected chi connectivity index (χ3v) is 4.87. The molecule has 0 saturated carbocycles. The Balaban J connectivity index is 2.06. The highest BCUT2D eigenvalue weighted by atomic mass is 14.9. The summed E-state index contributed by atoms with van der Waals surface area (Å²) in [5, 5.41) is 3.40. The van der Waals surface area contributed by atoms with Gasteiger partial charge in [0.05, 0.1) is 0 Å². The van der Waals surface area contributed by atoms with E-state index in [1.165, 1.54) is 27.8 Å². The zero-order chi connectivity index (χ0) is 17.6. The highest BCUT2D eigenvalue weighted by Crippen LogP contribution is 2.44. The van der Waals surface area contributed by atoms with Crippen LogP contribution in [0.5, 0.6) is 0 Å². The molecule has 0 heterocycles. The van der Waals surface area contributed by atoms with Gasteiger partial charge in [-0.05, 0) is 53.7 Å². The van der Waals surface area contributed by atoms with Crippen molar-refractivity contribution < 1.29 is 0 Å². The first-order valence-corrected chi connectivity index (χ1v) is 9.18. The molecule has 0 spiro atoms. The summed E-state index contributed by atoms with van der Waals surface area (Å²) in [6, 6.07) is 19.6. The highest BCUT2D eigenvalue weighted by molar-refractivity contribution is 5.85. The lowest BCUT2D eigenvalue weighted by atomic mass is 9.74. The molecular formula is C24H27N. The smallest absolute Gasteiger partial charge is 0.0273 e. The molecule has 2 aromatic carbocycles. The molecule has 1 nitrogen and oxygen atoms in total. The zero-order valence-corrected chi connectivity index (χ0v) is 15.3. The predicted molar refractivity (Wildman–Crippen MR) is 109 cm³/mol. The minimum Gasteiger partial charge on any atom is -0.386 e. The Bertz CT molecular complexity index is 796. The van der Waals surface area contributed by atoms with E-state index in [0.717, 1.165) is 25.1 Å². The van der Waals surface area contributed by atoms with Gasteiger partial charge in [-0.3, -0.25) is 0 Å². The number of fused-ring (bicyclic) bond motifs is 1. The predicted octanol–water partition coefficient (Wildman–Crippen LogP) is 6.07. The van der Waals surface area contributed by atoms with Crippen LogP contribution in [0.15, 0.2) is 84.6 Å². The Kier molecular flexibility index (Phi) is 5.55. The van der Waals surface area contributed by atoms with E-state index >= 15 is 0 Å². The van der Waals surface area contributed by atoms with Gasteiger partial charge in [0.15, 0.2) is 0 Å². The summed E-state index contributed by atoms with van der Waals surface area (Å²) in [5.41, 5.74) is 7.82. The van der Waals surface area contributed by atoms with Crippen LogP contribution in [0.1, 0.15) is 49.3 Å². The van der Waals surface area contributed by atoms with Gasteiger partial charge < -0.3 is 5.32 Å². The van der Waals surface area contributed by atoms with Crippen LogP contribution >= 0.6 is 0 Å². The van der Waals surface area contributed by atoms with E-state index in [4.69, 9.17) is 0 Å². The second-order valence-corrected chi connectivity index (χ2v) is 6.58. The molecule has 1 N–H and O–H groups in total. The van der Waals surface area contributed by atoms with Crippen molar-refractivity contribution in [1.82, 2.24) is 5.32 Å². The molecule has 0 fully saturated rings. The molecular weight excluding hydrogens is 302 g/mol. The lowest BCUT2D eigenvalue weighted by molar-refractivity contribution is 0.780. The summed E-state index contributed by atoms with van der Waals surface area (Å²) in [5.74, 6) is 0.414. The minimum atomic E-state index is 0.414. The monoisotopic (exact) mass is 329 g/mol. The van der Waals surface area contributed by atoms with Crippen LogP contribution in [0.2, 0.25) is 0 Å². The quantitative estimate of drug-likeness (QED) is 0.702. The summed E-state index contributed by atoms with van der Waals surface area (Å²) in [6.07, 6.45) is 6.60. The molecule has 0 aromatic heterocycles. The lowest BCUT2D eigenvalue weighted by Gasteiger charge is -2.30. The standard InChI is InChI=1S/C24H27N/c1-4-15-25-18(3)16-23-19(5-2)17-24(20-11-7-6-8-12-20)22-14-10-9-13-21(22)23/h5-14,16,24-25H,3-4,15,17H2,1-2H3/b19-5-,23-16+. The second-order valence-electron chi connectivity index (χ2n) is 6.58. The van der Waals surface area contributed by atoms with E-state index < -0.39 is 0 Å². The minimum absolute atomic E-state index is 0.414. The van der Waals surface area contributed by atoms with Crippen molar-refractivity contribution in [2.24, 2.45) is 0 Å². The number of rotatable bonds is 5. The van der Waals surface area contributed by atoms with Crippen molar-refractivity contribution in [2.75, 3.05) is 6.54 Å². The fourth-order valence-electron chi connectivity index (χ4n) is 3.60. The second kappa shape index (κ2) is 8.02. The fraction of sp³-hybridized carbons (Fsp3) is 0.250. The van der Waals surface area contributed by atoms with Crippen LogP contribution in [0, 0.1) is 0 Å². The fourth-order valence-corrected chi connectivity index (χ4v) is 3.60. The van der Waals surface area contributed by atoms with Crippen molar-refractivity contribution in [3.63, 3.8) is 0 Å². The molecule has 1 heteroatoms. The molecule has 1 unspecified atom stereocenters. The largest absolute Gasteiger partial charge is 0.386 e. The van der Waals surface area contributed by atoms with E-state index in [9.17, 15) is 0 Å². The molecule has 0 saturated heterocycles. The number of nitrogens with one attached hydrogen (secondary N) is 1. The molecule has 1 aliphatic rings. The molecule has 1 atom stereocenters. The van der Waals surface area contributed by atoms with Gasteiger partial charge >= 0.3 is 0 Å². The summed E-state index contributed by atoms with van der Waals surface area (Å²) in [7, 11) is 0. The van der Waals surface area contributed by atoms with Gasteiger partial charge in [0, 0.05) is 18.2 Å². The van der Waals surface area contributed by atoms with Gasteiger partial charge in [0.2, 0.25) is 0 Å². The normalized spacial score (nSPS) is 19.7. The number of benzene rings is 2. The van der Waals surface area contributed by atoms with Crippen LogP contribution in [-0.2, 0) is 0 Å². The Morgan fingerprint density at radius 1 is 1.12 bits per heavy atom. The first kappa shape index (κ1) is 17.3. The van der Waals surface area contributed by atoms with Crippen LogP contribution < -0.4 is 5.32 Å². The zero-order valence-electron chi connectivity index (χ0n) is 15.3.